The van der Waals surface area contributed by atoms with Gasteiger partial charge in [0.1, 0.15) is 0 Å². The molecule has 1 aliphatic heterocycles. The van der Waals surface area contributed by atoms with Crippen molar-refractivity contribution in [2.24, 2.45) is 7.05 Å². The highest BCUT2D eigenvalue weighted by molar-refractivity contribution is 7.89. The maximum Gasteiger partial charge on any atom is 0.262 e. The van der Waals surface area contributed by atoms with E-state index >= 15 is 0 Å². The first-order valence-electron chi connectivity index (χ1n) is 6.13. The summed E-state index contributed by atoms with van der Waals surface area (Å²) in [6, 6.07) is -0.263. The predicted molar refractivity (Wildman–Crippen MR) is 73.2 cm³/mol. The summed E-state index contributed by atoms with van der Waals surface area (Å²) < 4.78 is 38.5. The highest BCUT2D eigenvalue weighted by Gasteiger charge is 2.42. The lowest BCUT2D eigenvalue weighted by atomic mass is 10.2. The maximum atomic E-state index is 12.8. The first kappa shape index (κ1) is 15.7. The fourth-order valence-corrected chi connectivity index (χ4v) is 4.72. The molecule has 1 saturated heterocycles. The average molecular weight is 324 g/mol. The molecule has 2 atom stereocenters. The van der Waals surface area contributed by atoms with E-state index in [0.29, 0.717) is 13.0 Å². The zero-order valence-electron chi connectivity index (χ0n) is 11.6. The Morgan fingerprint density at radius 3 is 2.70 bits per heavy atom. The molecule has 1 aromatic heterocycles. The fourth-order valence-electron chi connectivity index (χ4n) is 2.45. The van der Waals surface area contributed by atoms with Gasteiger partial charge in [-0.05, 0) is 6.42 Å². The van der Waals surface area contributed by atoms with Gasteiger partial charge in [-0.1, -0.05) is 11.6 Å². The van der Waals surface area contributed by atoms with Crippen molar-refractivity contribution in [3.05, 3.63) is 11.2 Å². The number of hydrogen-bond acceptors (Lipinski definition) is 5. The number of halogens is 1. The van der Waals surface area contributed by atoms with E-state index in [1.54, 1.807) is 21.3 Å². The van der Waals surface area contributed by atoms with Gasteiger partial charge in [-0.3, -0.25) is 4.68 Å². The molecule has 0 aliphatic carbocycles. The number of aryl methyl sites for hydroxylation is 1. The molecule has 0 radical (unpaired) electrons. The van der Waals surface area contributed by atoms with Gasteiger partial charge < -0.3 is 9.47 Å². The third kappa shape index (κ3) is 2.71. The largest absolute Gasteiger partial charge is 0.383 e. The highest BCUT2D eigenvalue weighted by atomic mass is 35.5. The highest BCUT2D eigenvalue weighted by Crippen LogP contribution is 2.30. The van der Waals surface area contributed by atoms with Crippen molar-refractivity contribution in [3.63, 3.8) is 0 Å². The fraction of sp³-hybridized carbons (Fsp3) is 0.727. The van der Waals surface area contributed by atoms with Crippen molar-refractivity contribution in [1.29, 1.82) is 0 Å². The Kier molecular flexibility index (Phi) is 4.70. The molecule has 114 valence electrons. The molecule has 1 fully saturated rings. The van der Waals surface area contributed by atoms with Gasteiger partial charge in [0.15, 0.2) is 5.03 Å². The number of nitrogens with zero attached hydrogens (tertiary/aromatic N) is 3. The van der Waals surface area contributed by atoms with Crippen LogP contribution in [0.25, 0.3) is 0 Å². The summed E-state index contributed by atoms with van der Waals surface area (Å²) in [4.78, 5) is 0. The van der Waals surface area contributed by atoms with E-state index in [2.05, 4.69) is 5.10 Å². The minimum Gasteiger partial charge on any atom is -0.383 e. The Morgan fingerprint density at radius 1 is 1.50 bits per heavy atom. The van der Waals surface area contributed by atoms with Crippen LogP contribution in [0.5, 0.6) is 0 Å². The van der Waals surface area contributed by atoms with E-state index in [4.69, 9.17) is 21.1 Å². The summed E-state index contributed by atoms with van der Waals surface area (Å²) in [5.74, 6) is 0. The summed E-state index contributed by atoms with van der Waals surface area (Å²) in [6.45, 7) is 0.600. The summed E-state index contributed by atoms with van der Waals surface area (Å²) in [6.07, 6.45) is 1.78. The van der Waals surface area contributed by atoms with E-state index in [0.717, 1.165) is 0 Å². The Hall–Kier alpha value is -0.670. The first-order valence-corrected chi connectivity index (χ1v) is 7.94. The number of rotatable bonds is 5. The Labute approximate surface area is 123 Å². The molecule has 1 aromatic rings. The van der Waals surface area contributed by atoms with Gasteiger partial charge in [-0.25, -0.2) is 8.42 Å². The normalized spacial score (nSPS) is 24.4. The van der Waals surface area contributed by atoms with Gasteiger partial charge in [0.05, 0.1) is 30.0 Å². The molecular weight excluding hydrogens is 306 g/mol. The second kappa shape index (κ2) is 5.98. The van der Waals surface area contributed by atoms with Crippen LogP contribution in [0.2, 0.25) is 5.02 Å². The van der Waals surface area contributed by atoms with Gasteiger partial charge in [-0.2, -0.15) is 9.40 Å². The summed E-state index contributed by atoms with van der Waals surface area (Å²) in [7, 11) is 0.935. The second-order valence-corrected chi connectivity index (χ2v) is 6.91. The summed E-state index contributed by atoms with van der Waals surface area (Å²) in [5.41, 5.74) is 0. The lowest BCUT2D eigenvalue weighted by molar-refractivity contribution is 0.110. The molecule has 1 aliphatic rings. The van der Waals surface area contributed by atoms with Crippen molar-refractivity contribution in [1.82, 2.24) is 14.1 Å². The molecule has 0 unspecified atom stereocenters. The molecule has 0 saturated carbocycles. The number of ether oxygens (including phenoxy) is 2. The first-order chi connectivity index (χ1) is 9.41. The molecule has 2 heterocycles. The minimum atomic E-state index is -3.73. The monoisotopic (exact) mass is 323 g/mol. The van der Waals surface area contributed by atoms with Crippen molar-refractivity contribution in [2.75, 3.05) is 27.4 Å². The van der Waals surface area contributed by atoms with Crippen molar-refractivity contribution in [2.45, 2.75) is 23.6 Å². The van der Waals surface area contributed by atoms with Crippen molar-refractivity contribution < 1.29 is 17.9 Å². The molecule has 0 bridgehead atoms. The SMILES string of the molecule is COC[C@@H]1C[C@H](OC)CN1S(=O)(=O)c1c(Cl)cnn1C. The predicted octanol–water partition coefficient (Wildman–Crippen LogP) is 0.498. The van der Waals surface area contributed by atoms with E-state index in [-0.39, 0.29) is 28.7 Å². The Morgan fingerprint density at radius 2 is 2.20 bits per heavy atom. The van der Waals surface area contributed by atoms with E-state index in [9.17, 15) is 8.42 Å². The molecule has 7 nitrogen and oxygen atoms in total. The summed E-state index contributed by atoms with van der Waals surface area (Å²) >= 11 is 5.95. The van der Waals surface area contributed by atoms with Crippen LogP contribution in [0, 0.1) is 0 Å². The zero-order chi connectivity index (χ0) is 14.9. The molecule has 0 amide bonds. The van der Waals surface area contributed by atoms with E-state index < -0.39 is 10.0 Å². The van der Waals surface area contributed by atoms with E-state index in [1.165, 1.54) is 15.2 Å². The third-order valence-corrected chi connectivity index (χ3v) is 5.84. The van der Waals surface area contributed by atoms with Crippen LogP contribution in [-0.2, 0) is 26.5 Å². The third-order valence-electron chi connectivity index (χ3n) is 3.41. The van der Waals surface area contributed by atoms with Gasteiger partial charge in [0, 0.05) is 27.8 Å². The second-order valence-electron chi connectivity index (χ2n) is 4.70. The Bertz CT molecular complexity index is 555. The average Bonchev–Trinajstić information content (AvgIpc) is 2.94. The van der Waals surface area contributed by atoms with Crippen LogP contribution >= 0.6 is 11.6 Å². The smallest absolute Gasteiger partial charge is 0.262 e. The number of methoxy groups -OCH3 is 2. The molecule has 0 aromatic carbocycles. The maximum absolute atomic E-state index is 12.8. The standard InChI is InChI=1S/C11H18ClN3O4S/c1-14-11(10(12)5-13-14)20(16,17)15-6-9(19-3)4-8(15)7-18-2/h5,8-9H,4,6-7H2,1-3H3/t8-,9-/m0/s1. The van der Waals surface area contributed by atoms with Gasteiger partial charge in [-0.15, -0.1) is 0 Å². The van der Waals surface area contributed by atoms with Gasteiger partial charge in [0.2, 0.25) is 0 Å². The van der Waals surface area contributed by atoms with Crippen LogP contribution < -0.4 is 0 Å². The lowest BCUT2D eigenvalue weighted by Gasteiger charge is -2.23. The molecule has 9 heteroatoms. The number of hydrogen-bond donors (Lipinski definition) is 0. The van der Waals surface area contributed by atoms with Crippen LogP contribution in [0.4, 0.5) is 0 Å². The van der Waals surface area contributed by atoms with E-state index in [1.807, 2.05) is 0 Å². The van der Waals surface area contributed by atoms with Crippen molar-refractivity contribution >= 4 is 21.6 Å². The molecule has 2 rings (SSSR count). The Balaban J connectivity index is 2.37. The van der Waals surface area contributed by atoms with Crippen LogP contribution in [0.3, 0.4) is 0 Å². The van der Waals surface area contributed by atoms with Gasteiger partial charge >= 0.3 is 0 Å². The number of aromatic nitrogens is 2. The topological polar surface area (TPSA) is 73.7 Å². The van der Waals surface area contributed by atoms with Crippen molar-refractivity contribution in [3.8, 4) is 0 Å². The van der Waals surface area contributed by atoms with Crippen LogP contribution in [0.15, 0.2) is 11.2 Å². The minimum absolute atomic E-state index is 0.00276. The van der Waals surface area contributed by atoms with Crippen LogP contribution in [0.1, 0.15) is 6.42 Å². The number of sulfonamides is 1. The molecule has 20 heavy (non-hydrogen) atoms. The molecular formula is C11H18ClN3O4S. The van der Waals surface area contributed by atoms with Crippen LogP contribution in [-0.4, -0.2) is 62.0 Å². The van der Waals surface area contributed by atoms with Gasteiger partial charge in [0.25, 0.3) is 10.0 Å². The zero-order valence-corrected chi connectivity index (χ0v) is 13.2. The lowest BCUT2D eigenvalue weighted by Crippen LogP contribution is -2.39. The molecule has 0 spiro atoms. The quantitative estimate of drug-likeness (QED) is 0.789. The molecule has 0 N–H and O–H groups in total. The summed E-state index contributed by atoms with van der Waals surface area (Å²) in [5, 5.41) is 3.99.